The number of para-hydroxylation sites is 1. The van der Waals surface area contributed by atoms with E-state index in [1.165, 1.54) is 3.97 Å². The number of rotatable bonds is 4. The smallest absolute Gasteiger partial charge is 0.408 e. The summed E-state index contributed by atoms with van der Waals surface area (Å²) in [5, 5.41) is 3.86. The van der Waals surface area contributed by atoms with E-state index in [1.54, 1.807) is 42.6 Å². The molecule has 0 aliphatic heterocycles. The topological polar surface area (TPSA) is 77.4 Å². The Bertz CT molecular complexity index is 1560. The fourth-order valence-corrected chi connectivity index (χ4v) is 6.09. The van der Waals surface area contributed by atoms with Gasteiger partial charge in [-0.25, -0.2) is 17.2 Å². The molecular weight excluding hydrogens is 472 g/mol. The van der Waals surface area contributed by atoms with E-state index in [-0.39, 0.29) is 10.8 Å². The first-order chi connectivity index (χ1) is 17.1. The number of carbonyl (C=O) groups excluding carboxylic acids is 1. The number of aromatic nitrogens is 1. The van der Waals surface area contributed by atoms with E-state index in [0.717, 1.165) is 22.1 Å². The van der Waals surface area contributed by atoms with E-state index in [0.29, 0.717) is 5.52 Å². The van der Waals surface area contributed by atoms with Gasteiger partial charge in [-0.3, -0.25) is 0 Å². The summed E-state index contributed by atoms with van der Waals surface area (Å²) in [5.41, 5.74) is 2.68. The molecule has 0 spiro atoms. The van der Waals surface area contributed by atoms with Gasteiger partial charge in [0.2, 0.25) is 0 Å². The van der Waals surface area contributed by atoms with Gasteiger partial charge in [-0.05, 0) is 55.7 Å². The third kappa shape index (κ3) is 4.42. The summed E-state index contributed by atoms with van der Waals surface area (Å²) in [6.07, 6.45) is 5.19. The van der Waals surface area contributed by atoms with Crippen LogP contribution in [-0.2, 0) is 14.8 Å². The molecule has 7 heteroatoms. The Hall–Kier alpha value is -3.84. The summed E-state index contributed by atoms with van der Waals surface area (Å²) in [7, 11) is -3.83. The first-order valence-corrected chi connectivity index (χ1v) is 13.3. The van der Waals surface area contributed by atoms with Crippen LogP contribution in [0, 0.1) is 0 Å². The lowest BCUT2D eigenvalue weighted by atomic mass is 9.80. The van der Waals surface area contributed by atoms with Crippen LogP contribution in [0.4, 0.5) is 4.79 Å². The highest BCUT2D eigenvalue weighted by atomic mass is 32.2. The van der Waals surface area contributed by atoms with Gasteiger partial charge in [0.25, 0.3) is 10.0 Å². The molecule has 5 rings (SSSR count). The van der Waals surface area contributed by atoms with Crippen molar-refractivity contribution < 1.29 is 17.9 Å². The Labute approximate surface area is 211 Å². The quantitative estimate of drug-likeness (QED) is 0.359. The molecule has 0 saturated carbocycles. The Morgan fingerprint density at radius 1 is 0.889 bits per heavy atom. The normalized spacial score (nSPS) is 17.5. The minimum atomic E-state index is -3.83. The van der Waals surface area contributed by atoms with Crippen LogP contribution in [0.3, 0.4) is 0 Å². The highest BCUT2D eigenvalue weighted by Crippen LogP contribution is 2.42. The Balaban J connectivity index is 1.65. The molecule has 0 unspecified atom stereocenters. The molecule has 0 saturated heterocycles. The maximum Gasteiger partial charge on any atom is 0.408 e. The highest BCUT2D eigenvalue weighted by molar-refractivity contribution is 7.90. The van der Waals surface area contributed by atoms with Gasteiger partial charge in [-0.15, -0.1) is 0 Å². The number of nitrogens with zero attached hydrogens (tertiary/aromatic N) is 1. The lowest BCUT2D eigenvalue weighted by Gasteiger charge is -2.31. The number of ether oxygens (including phenoxy) is 1. The maximum atomic E-state index is 13.6. The highest BCUT2D eigenvalue weighted by Gasteiger charge is 2.33. The summed E-state index contributed by atoms with van der Waals surface area (Å²) >= 11 is 0. The zero-order valence-corrected chi connectivity index (χ0v) is 21.2. The maximum absolute atomic E-state index is 13.6. The fraction of sp³-hybridized carbons (Fsp3) is 0.207. The zero-order chi connectivity index (χ0) is 25.5. The number of carbonyl (C=O) groups is 1. The molecular formula is C29H28N2O4S. The zero-order valence-electron chi connectivity index (χ0n) is 20.4. The number of fused-ring (bicyclic) bond motifs is 2. The standard InChI is InChI=1S/C29H28N2O4S/c1-29(2,3)35-28(32)30-27-22-14-8-7-11-20(22)17-18-24(27)25-19-31(26-16-10-9-15-23(25)26)36(33,34)21-12-5-4-6-13-21/h4-19,24,27H,1-3H3,(H,30,32)/t24-,27-/m1/s1. The van der Waals surface area contributed by atoms with Crippen LogP contribution in [0.15, 0.2) is 96.0 Å². The van der Waals surface area contributed by atoms with Crippen molar-refractivity contribution in [1.82, 2.24) is 9.29 Å². The third-order valence-electron chi connectivity index (χ3n) is 6.21. The molecule has 1 amide bonds. The van der Waals surface area contributed by atoms with Crippen LogP contribution >= 0.6 is 0 Å². The number of nitrogens with one attached hydrogen (secondary N) is 1. The second kappa shape index (κ2) is 8.99. The van der Waals surface area contributed by atoms with Gasteiger partial charge in [0.1, 0.15) is 5.60 Å². The van der Waals surface area contributed by atoms with Crippen LogP contribution in [0.1, 0.15) is 49.4 Å². The molecule has 36 heavy (non-hydrogen) atoms. The number of hydrogen-bond donors (Lipinski definition) is 1. The van der Waals surface area contributed by atoms with Crippen molar-refractivity contribution in [2.24, 2.45) is 0 Å². The average molecular weight is 501 g/mol. The van der Waals surface area contributed by atoms with E-state index in [2.05, 4.69) is 5.32 Å². The van der Waals surface area contributed by atoms with Gasteiger partial charge < -0.3 is 10.1 Å². The Morgan fingerprint density at radius 3 is 2.31 bits per heavy atom. The van der Waals surface area contributed by atoms with Crippen molar-refractivity contribution in [3.8, 4) is 0 Å². The van der Waals surface area contributed by atoms with Crippen LogP contribution in [0.25, 0.3) is 17.0 Å². The van der Waals surface area contributed by atoms with E-state index in [9.17, 15) is 13.2 Å². The molecule has 0 bridgehead atoms. The van der Waals surface area contributed by atoms with E-state index in [1.807, 2.05) is 75.4 Å². The van der Waals surface area contributed by atoms with E-state index < -0.39 is 27.8 Å². The second-order valence-corrected chi connectivity index (χ2v) is 11.7. The number of alkyl carbamates (subject to hydrolysis) is 1. The lowest BCUT2D eigenvalue weighted by Crippen LogP contribution is -2.37. The van der Waals surface area contributed by atoms with Crippen LogP contribution in [0.5, 0.6) is 0 Å². The number of amides is 1. The average Bonchev–Trinajstić information content (AvgIpc) is 3.24. The molecule has 4 aromatic rings. The minimum absolute atomic E-state index is 0.213. The first-order valence-electron chi connectivity index (χ1n) is 11.8. The summed E-state index contributed by atoms with van der Waals surface area (Å²) in [5.74, 6) is -0.315. The molecule has 1 heterocycles. The lowest BCUT2D eigenvalue weighted by molar-refractivity contribution is 0.0499. The summed E-state index contributed by atoms with van der Waals surface area (Å²) in [6.45, 7) is 5.46. The Morgan fingerprint density at radius 2 is 1.56 bits per heavy atom. The molecule has 1 N–H and O–H groups in total. The number of benzene rings is 3. The largest absolute Gasteiger partial charge is 0.444 e. The van der Waals surface area contributed by atoms with Gasteiger partial charge in [-0.2, -0.15) is 0 Å². The monoisotopic (exact) mass is 500 g/mol. The minimum Gasteiger partial charge on any atom is -0.444 e. The summed E-state index contributed by atoms with van der Waals surface area (Å²) in [6, 6.07) is 23.2. The molecule has 1 aromatic heterocycles. The van der Waals surface area contributed by atoms with Crippen LogP contribution < -0.4 is 5.32 Å². The SMILES string of the molecule is CC(C)(C)OC(=O)N[C@@H]1c2ccccc2C=C[C@@H]1c1cn(S(=O)(=O)c2ccccc2)c2ccccc12. The predicted octanol–water partition coefficient (Wildman–Crippen LogP) is 6.25. The van der Waals surface area contributed by atoms with Crippen molar-refractivity contribution >= 4 is 33.1 Å². The van der Waals surface area contributed by atoms with Crippen LogP contribution in [0.2, 0.25) is 0 Å². The van der Waals surface area contributed by atoms with E-state index >= 15 is 0 Å². The fourth-order valence-electron chi connectivity index (χ4n) is 4.69. The van der Waals surface area contributed by atoms with Crippen molar-refractivity contribution in [3.63, 3.8) is 0 Å². The van der Waals surface area contributed by atoms with Gasteiger partial charge >= 0.3 is 6.09 Å². The van der Waals surface area contributed by atoms with Gasteiger partial charge in [0.05, 0.1) is 16.5 Å². The molecule has 0 fully saturated rings. The second-order valence-electron chi connectivity index (χ2n) is 9.85. The van der Waals surface area contributed by atoms with E-state index in [4.69, 9.17) is 4.74 Å². The van der Waals surface area contributed by atoms with Gasteiger partial charge in [0.15, 0.2) is 0 Å². The Kier molecular flexibility index (Phi) is 5.96. The predicted molar refractivity (Wildman–Crippen MR) is 141 cm³/mol. The molecule has 0 radical (unpaired) electrons. The number of hydrogen-bond acceptors (Lipinski definition) is 4. The summed E-state index contributed by atoms with van der Waals surface area (Å²) < 4.78 is 34.1. The molecule has 1 aliphatic rings. The molecule has 3 aromatic carbocycles. The van der Waals surface area contributed by atoms with Crippen molar-refractivity contribution in [1.29, 1.82) is 0 Å². The van der Waals surface area contributed by atoms with Gasteiger partial charge in [0, 0.05) is 17.5 Å². The van der Waals surface area contributed by atoms with Gasteiger partial charge in [-0.1, -0.05) is 72.8 Å². The molecule has 1 aliphatic carbocycles. The molecule has 184 valence electrons. The van der Waals surface area contributed by atoms with Crippen molar-refractivity contribution in [2.45, 2.75) is 43.2 Å². The van der Waals surface area contributed by atoms with Crippen LogP contribution in [-0.4, -0.2) is 24.1 Å². The van der Waals surface area contributed by atoms with Crippen molar-refractivity contribution in [3.05, 3.63) is 108 Å². The summed E-state index contributed by atoms with van der Waals surface area (Å²) in [4.78, 5) is 13.1. The molecule has 2 atom stereocenters. The first kappa shape index (κ1) is 23.9. The third-order valence-corrected chi connectivity index (χ3v) is 7.90. The molecule has 6 nitrogen and oxygen atoms in total. The van der Waals surface area contributed by atoms with Crippen molar-refractivity contribution in [2.75, 3.05) is 0 Å².